The summed E-state index contributed by atoms with van der Waals surface area (Å²) >= 11 is 12.1. The fourth-order valence-corrected chi connectivity index (χ4v) is 3.25. The third-order valence-corrected chi connectivity index (χ3v) is 4.17. The van der Waals surface area contributed by atoms with E-state index in [9.17, 15) is 24.6 Å². The Morgan fingerprint density at radius 2 is 1.79 bits per heavy atom. The smallest absolute Gasteiger partial charge is 0.352 e. The van der Waals surface area contributed by atoms with Crippen LogP contribution in [0.3, 0.4) is 0 Å². The van der Waals surface area contributed by atoms with Crippen molar-refractivity contribution in [1.82, 2.24) is 4.57 Å². The number of aryl methyl sites for hydroxylation is 1. The molecular formula is C15H13Cl2NO6. The summed E-state index contributed by atoms with van der Waals surface area (Å²) in [7, 11) is 0. The minimum Gasteiger partial charge on any atom is -0.481 e. The van der Waals surface area contributed by atoms with Crippen molar-refractivity contribution >= 4 is 52.0 Å². The van der Waals surface area contributed by atoms with Crippen LogP contribution >= 0.6 is 23.2 Å². The monoisotopic (exact) mass is 373 g/mol. The zero-order valence-electron chi connectivity index (χ0n) is 12.4. The molecule has 24 heavy (non-hydrogen) atoms. The highest BCUT2D eigenvalue weighted by atomic mass is 35.5. The number of carboxylic acids is 3. The highest BCUT2D eigenvalue weighted by Crippen LogP contribution is 2.37. The van der Waals surface area contributed by atoms with E-state index in [0.717, 1.165) is 4.57 Å². The van der Waals surface area contributed by atoms with Crippen LogP contribution in [-0.2, 0) is 16.0 Å². The topological polar surface area (TPSA) is 117 Å². The van der Waals surface area contributed by atoms with Crippen molar-refractivity contribution in [2.75, 3.05) is 0 Å². The maximum Gasteiger partial charge on any atom is 0.352 e. The molecule has 0 spiro atoms. The van der Waals surface area contributed by atoms with E-state index in [2.05, 4.69) is 0 Å². The van der Waals surface area contributed by atoms with E-state index in [0.29, 0.717) is 5.39 Å². The Kier molecular flexibility index (Phi) is 5.05. The van der Waals surface area contributed by atoms with Crippen molar-refractivity contribution in [2.24, 2.45) is 0 Å². The fourth-order valence-electron chi connectivity index (χ4n) is 2.65. The molecule has 0 aliphatic carbocycles. The molecule has 0 saturated heterocycles. The van der Waals surface area contributed by atoms with E-state index in [1.54, 1.807) is 0 Å². The summed E-state index contributed by atoms with van der Waals surface area (Å²) in [4.78, 5) is 34.0. The van der Waals surface area contributed by atoms with Gasteiger partial charge in [0.25, 0.3) is 0 Å². The Morgan fingerprint density at radius 3 is 2.29 bits per heavy atom. The zero-order chi connectivity index (χ0) is 18.2. The van der Waals surface area contributed by atoms with Gasteiger partial charge in [-0.05, 0) is 31.0 Å². The second-order valence-corrected chi connectivity index (χ2v) is 6.04. The summed E-state index contributed by atoms with van der Waals surface area (Å²) in [6.45, 7) is 1.32. The molecule has 128 valence electrons. The first-order chi connectivity index (χ1) is 11.1. The summed E-state index contributed by atoms with van der Waals surface area (Å²) in [5.74, 6) is -3.72. The van der Waals surface area contributed by atoms with Gasteiger partial charge in [0.05, 0.1) is 10.5 Å². The molecule has 1 atom stereocenters. The van der Waals surface area contributed by atoms with E-state index >= 15 is 0 Å². The normalized spacial score (nSPS) is 12.3. The molecule has 3 N–H and O–H groups in total. The second-order valence-electron chi connectivity index (χ2n) is 5.19. The highest BCUT2D eigenvalue weighted by molar-refractivity contribution is 6.39. The Labute approximate surface area is 146 Å². The molecule has 1 unspecified atom stereocenters. The predicted octanol–water partition coefficient (Wildman–Crippen LogP) is 3.31. The molecule has 1 aromatic carbocycles. The molecular weight excluding hydrogens is 361 g/mol. The lowest BCUT2D eigenvalue weighted by molar-refractivity contribution is -0.140. The standard InChI is InChI=1S/C15H13Cl2NO6/c1-6(14(21)22)18-10-5-7(16)4-9(17)12(10)8(2-3-11(19)20)13(18)15(23)24/h4-6H,2-3H2,1H3,(H,19,20)(H,21,22)(H,23,24). The number of halogens is 2. The van der Waals surface area contributed by atoms with Crippen LogP contribution in [0.2, 0.25) is 10.0 Å². The van der Waals surface area contributed by atoms with Crippen LogP contribution in [-0.4, -0.2) is 37.8 Å². The maximum atomic E-state index is 11.7. The van der Waals surface area contributed by atoms with Gasteiger partial charge in [-0.3, -0.25) is 4.79 Å². The number of carbonyl (C=O) groups is 3. The van der Waals surface area contributed by atoms with E-state index < -0.39 is 23.9 Å². The summed E-state index contributed by atoms with van der Waals surface area (Å²) in [5, 5.41) is 28.4. The number of rotatable bonds is 6. The van der Waals surface area contributed by atoms with Gasteiger partial charge >= 0.3 is 17.9 Å². The first kappa shape index (κ1) is 18.1. The Hall–Kier alpha value is -2.25. The van der Waals surface area contributed by atoms with Crippen LogP contribution in [0.25, 0.3) is 10.9 Å². The quantitative estimate of drug-likeness (QED) is 0.714. The highest BCUT2D eigenvalue weighted by Gasteiger charge is 2.29. The number of hydrogen-bond donors (Lipinski definition) is 3. The Bertz CT molecular complexity index is 858. The third kappa shape index (κ3) is 3.18. The number of aromatic nitrogens is 1. The van der Waals surface area contributed by atoms with Crippen molar-refractivity contribution in [1.29, 1.82) is 0 Å². The number of benzene rings is 1. The van der Waals surface area contributed by atoms with Gasteiger partial charge < -0.3 is 19.9 Å². The minimum absolute atomic E-state index is 0.103. The van der Waals surface area contributed by atoms with E-state index in [1.807, 2.05) is 0 Å². The van der Waals surface area contributed by atoms with Gasteiger partial charge in [-0.25, -0.2) is 9.59 Å². The van der Waals surface area contributed by atoms with Crippen molar-refractivity contribution in [3.8, 4) is 0 Å². The third-order valence-electron chi connectivity index (χ3n) is 3.66. The zero-order valence-corrected chi connectivity index (χ0v) is 13.9. The van der Waals surface area contributed by atoms with Crippen LogP contribution in [0.5, 0.6) is 0 Å². The number of nitrogens with zero attached hydrogens (tertiary/aromatic N) is 1. The molecule has 0 radical (unpaired) electrons. The van der Waals surface area contributed by atoms with Gasteiger partial charge in [0.15, 0.2) is 0 Å². The summed E-state index contributed by atoms with van der Waals surface area (Å²) in [5.41, 5.74) is 0.111. The lowest BCUT2D eigenvalue weighted by atomic mass is 10.1. The molecule has 1 heterocycles. The van der Waals surface area contributed by atoms with Crippen LogP contribution in [0.4, 0.5) is 0 Å². The van der Waals surface area contributed by atoms with Gasteiger partial charge in [-0.2, -0.15) is 0 Å². The van der Waals surface area contributed by atoms with Crippen LogP contribution < -0.4 is 0 Å². The maximum absolute atomic E-state index is 11.7. The van der Waals surface area contributed by atoms with E-state index in [-0.39, 0.29) is 39.7 Å². The number of fused-ring (bicyclic) bond motifs is 1. The molecule has 0 aliphatic heterocycles. The SMILES string of the molecule is CC(C(=O)O)n1c(C(=O)O)c(CCC(=O)O)c2c(Cl)cc(Cl)cc21. The number of carboxylic acid groups (broad SMARTS) is 3. The van der Waals surface area contributed by atoms with Gasteiger partial charge in [0, 0.05) is 16.8 Å². The first-order valence-corrected chi connectivity index (χ1v) is 7.60. The Balaban J connectivity index is 2.91. The minimum atomic E-state index is -1.37. The van der Waals surface area contributed by atoms with Gasteiger partial charge in [0.1, 0.15) is 11.7 Å². The molecule has 0 bridgehead atoms. The van der Waals surface area contributed by atoms with Crippen molar-refractivity contribution in [2.45, 2.75) is 25.8 Å². The van der Waals surface area contributed by atoms with Gasteiger partial charge in [-0.15, -0.1) is 0 Å². The molecule has 9 heteroatoms. The predicted molar refractivity (Wildman–Crippen MR) is 87.2 cm³/mol. The molecule has 2 aromatic rings. The average Bonchev–Trinajstić information content (AvgIpc) is 2.78. The first-order valence-electron chi connectivity index (χ1n) is 6.84. The van der Waals surface area contributed by atoms with Crippen molar-refractivity contribution < 1.29 is 29.7 Å². The molecule has 2 rings (SSSR count). The van der Waals surface area contributed by atoms with E-state index in [1.165, 1.54) is 19.1 Å². The lowest BCUT2D eigenvalue weighted by Gasteiger charge is -2.13. The number of aromatic carboxylic acids is 1. The summed E-state index contributed by atoms with van der Waals surface area (Å²) in [6.07, 6.45) is -0.423. The van der Waals surface area contributed by atoms with Crippen molar-refractivity contribution in [3.63, 3.8) is 0 Å². The largest absolute Gasteiger partial charge is 0.481 e. The molecule has 0 fully saturated rings. The summed E-state index contributed by atoms with van der Waals surface area (Å²) in [6, 6.07) is 1.61. The van der Waals surface area contributed by atoms with E-state index in [4.69, 9.17) is 28.3 Å². The number of hydrogen-bond acceptors (Lipinski definition) is 3. The number of aliphatic carboxylic acids is 2. The van der Waals surface area contributed by atoms with Crippen LogP contribution in [0.15, 0.2) is 12.1 Å². The molecule has 7 nitrogen and oxygen atoms in total. The van der Waals surface area contributed by atoms with Gasteiger partial charge in [-0.1, -0.05) is 23.2 Å². The molecule has 1 aromatic heterocycles. The summed E-state index contributed by atoms with van der Waals surface area (Å²) < 4.78 is 1.11. The molecule has 0 saturated carbocycles. The lowest BCUT2D eigenvalue weighted by Crippen LogP contribution is -2.20. The van der Waals surface area contributed by atoms with Gasteiger partial charge in [0.2, 0.25) is 0 Å². The fraction of sp³-hybridized carbons (Fsp3) is 0.267. The van der Waals surface area contributed by atoms with Crippen LogP contribution in [0.1, 0.15) is 35.4 Å². The Morgan fingerprint density at radius 1 is 1.17 bits per heavy atom. The van der Waals surface area contributed by atoms with Crippen LogP contribution in [0, 0.1) is 0 Å². The average molecular weight is 374 g/mol. The molecule has 0 amide bonds. The van der Waals surface area contributed by atoms with Crippen molar-refractivity contribution in [3.05, 3.63) is 33.4 Å². The molecule has 0 aliphatic rings. The second kappa shape index (κ2) is 6.70.